The molecule has 0 fully saturated rings. The molecule has 0 spiro atoms. The zero-order valence-corrected chi connectivity index (χ0v) is 11.9. The predicted molar refractivity (Wildman–Crippen MR) is 77.0 cm³/mol. The zero-order chi connectivity index (χ0) is 15.4. The zero-order valence-electron chi connectivity index (χ0n) is 11.1. The van der Waals surface area contributed by atoms with Gasteiger partial charge in [0.1, 0.15) is 12.3 Å². The van der Waals surface area contributed by atoms with E-state index in [2.05, 4.69) is 10.9 Å². The van der Waals surface area contributed by atoms with Crippen molar-refractivity contribution < 1.29 is 14.7 Å². The highest BCUT2D eigenvalue weighted by molar-refractivity contribution is 7.07. The molecule has 8 heteroatoms. The van der Waals surface area contributed by atoms with E-state index in [4.69, 9.17) is 0 Å². The van der Waals surface area contributed by atoms with Gasteiger partial charge >= 0.3 is 4.87 Å². The third-order valence-corrected chi connectivity index (χ3v) is 3.62. The number of thiazole rings is 1. The minimum absolute atomic E-state index is 0.0432. The quantitative estimate of drug-likeness (QED) is 0.714. The van der Waals surface area contributed by atoms with Gasteiger partial charge < -0.3 is 5.11 Å². The Balaban J connectivity index is 1.94. The van der Waals surface area contributed by atoms with Crippen LogP contribution in [0.15, 0.2) is 34.4 Å². The lowest BCUT2D eigenvalue weighted by atomic mass is 10.2. The molecule has 21 heavy (non-hydrogen) atoms. The molecule has 1 aromatic heterocycles. The van der Waals surface area contributed by atoms with Crippen LogP contribution in [0.2, 0.25) is 0 Å². The van der Waals surface area contributed by atoms with Gasteiger partial charge in [0.15, 0.2) is 0 Å². The van der Waals surface area contributed by atoms with Gasteiger partial charge in [0, 0.05) is 11.1 Å². The summed E-state index contributed by atoms with van der Waals surface area (Å²) < 4.78 is 1.30. The van der Waals surface area contributed by atoms with Crippen LogP contribution in [0.1, 0.15) is 16.1 Å². The van der Waals surface area contributed by atoms with Crippen molar-refractivity contribution in [3.63, 3.8) is 0 Å². The number of phenolic OH excluding ortho intramolecular Hbond substituents is 1. The molecule has 1 heterocycles. The molecule has 0 radical (unpaired) electrons. The summed E-state index contributed by atoms with van der Waals surface area (Å²) in [6, 6.07) is 5.95. The van der Waals surface area contributed by atoms with Crippen LogP contribution in [-0.2, 0) is 11.3 Å². The summed E-state index contributed by atoms with van der Waals surface area (Å²) in [4.78, 5) is 34.7. The monoisotopic (exact) mass is 307 g/mol. The Morgan fingerprint density at radius 1 is 1.29 bits per heavy atom. The Kier molecular flexibility index (Phi) is 4.39. The van der Waals surface area contributed by atoms with Crippen LogP contribution in [0.5, 0.6) is 5.75 Å². The molecule has 0 unspecified atom stereocenters. The smallest absolute Gasteiger partial charge is 0.307 e. The van der Waals surface area contributed by atoms with E-state index in [0.29, 0.717) is 5.69 Å². The van der Waals surface area contributed by atoms with Crippen LogP contribution in [0.3, 0.4) is 0 Å². The maximum Gasteiger partial charge on any atom is 0.307 e. The van der Waals surface area contributed by atoms with E-state index >= 15 is 0 Å². The molecular weight excluding hydrogens is 294 g/mol. The number of amides is 2. The number of aryl methyl sites for hydroxylation is 1. The second-order valence-electron chi connectivity index (χ2n) is 4.25. The lowest BCUT2D eigenvalue weighted by molar-refractivity contribution is -0.122. The van der Waals surface area contributed by atoms with Gasteiger partial charge in [0.05, 0.1) is 5.56 Å². The van der Waals surface area contributed by atoms with Gasteiger partial charge in [-0.25, -0.2) is 0 Å². The molecule has 7 nitrogen and oxygen atoms in total. The van der Waals surface area contributed by atoms with E-state index < -0.39 is 11.8 Å². The summed E-state index contributed by atoms with van der Waals surface area (Å²) in [6.45, 7) is 1.53. The molecule has 3 N–H and O–H groups in total. The first-order valence-electron chi connectivity index (χ1n) is 6.01. The molecule has 0 aliphatic carbocycles. The Bertz CT molecular complexity index is 735. The van der Waals surface area contributed by atoms with Gasteiger partial charge in [-0.2, -0.15) is 0 Å². The van der Waals surface area contributed by atoms with Crippen molar-refractivity contribution in [2.24, 2.45) is 0 Å². The summed E-state index contributed by atoms with van der Waals surface area (Å²) in [5.41, 5.74) is 5.09. The van der Waals surface area contributed by atoms with E-state index in [1.165, 1.54) is 16.7 Å². The third kappa shape index (κ3) is 3.48. The van der Waals surface area contributed by atoms with Crippen LogP contribution >= 0.6 is 11.3 Å². The van der Waals surface area contributed by atoms with E-state index in [-0.39, 0.29) is 22.7 Å². The van der Waals surface area contributed by atoms with Crippen molar-refractivity contribution in [2.75, 3.05) is 0 Å². The second-order valence-corrected chi connectivity index (χ2v) is 5.07. The summed E-state index contributed by atoms with van der Waals surface area (Å²) in [7, 11) is 0. The Labute approximate surface area is 123 Å². The van der Waals surface area contributed by atoms with Crippen molar-refractivity contribution in [1.29, 1.82) is 0 Å². The number of nitrogens with zero attached hydrogens (tertiary/aromatic N) is 1. The lowest BCUT2D eigenvalue weighted by Crippen LogP contribution is -2.44. The van der Waals surface area contributed by atoms with Crippen LogP contribution in [0.25, 0.3) is 0 Å². The van der Waals surface area contributed by atoms with Crippen LogP contribution in [-0.4, -0.2) is 21.5 Å². The van der Waals surface area contributed by atoms with Crippen molar-refractivity contribution >= 4 is 23.2 Å². The highest BCUT2D eigenvalue weighted by atomic mass is 32.1. The fraction of sp³-hybridized carbons (Fsp3) is 0.154. The number of hydrogen-bond donors (Lipinski definition) is 3. The standard InChI is InChI=1S/C13H13N3O4S/c1-8-7-21-13(20)16(8)6-11(18)14-15-12(19)9-4-2-3-5-10(9)17/h2-5,7,17H,6H2,1H3,(H,14,18)(H,15,19). The van der Waals surface area contributed by atoms with Gasteiger partial charge in [0.25, 0.3) is 11.8 Å². The summed E-state index contributed by atoms with van der Waals surface area (Å²) in [5.74, 6) is -1.37. The predicted octanol–water partition coefficient (Wildman–Crippen LogP) is 0.385. The Morgan fingerprint density at radius 2 is 2.00 bits per heavy atom. The second kappa shape index (κ2) is 6.23. The number of benzene rings is 1. The molecule has 2 amide bonds. The number of carbonyl (C=O) groups is 2. The average Bonchev–Trinajstić information content (AvgIpc) is 2.77. The number of rotatable bonds is 3. The molecule has 0 saturated heterocycles. The fourth-order valence-electron chi connectivity index (χ4n) is 1.64. The summed E-state index contributed by atoms with van der Waals surface area (Å²) in [5, 5.41) is 11.2. The number of para-hydroxylation sites is 1. The van der Waals surface area contributed by atoms with E-state index in [1.54, 1.807) is 24.4 Å². The van der Waals surface area contributed by atoms with E-state index in [1.807, 2.05) is 0 Å². The van der Waals surface area contributed by atoms with E-state index in [9.17, 15) is 19.5 Å². The summed E-state index contributed by atoms with van der Waals surface area (Å²) in [6.07, 6.45) is 0. The first kappa shape index (κ1) is 14.8. The van der Waals surface area contributed by atoms with E-state index in [0.717, 1.165) is 11.3 Å². The van der Waals surface area contributed by atoms with Crippen molar-refractivity contribution in [2.45, 2.75) is 13.5 Å². The van der Waals surface area contributed by atoms with Gasteiger partial charge in [0.2, 0.25) is 0 Å². The molecular formula is C13H13N3O4S. The number of hydrogen-bond acceptors (Lipinski definition) is 5. The maximum absolute atomic E-state index is 11.8. The molecule has 0 atom stereocenters. The van der Waals surface area contributed by atoms with Crippen LogP contribution in [0.4, 0.5) is 0 Å². The molecule has 2 aromatic rings. The summed E-state index contributed by atoms with van der Waals surface area (Å²) >= 11 is 1.00. The first-order valence-corrected chi connectivity index (χ1v) is 6.89. The number of phenols is 1. The lowest BCUT2D eigenvalue weighted by Gasteiger charge is -2.09. The van der Waals surface area contributed by atoms with Gasteiger partial charge in [-0.15, -0.1) is 0 Å². The third-order valence-electron chi connectivity index (χ3n) is 2.74. The Morgan fingerprint density at radius 3 is 2.62 bits per heavy atom. The number of aromatic hydroxyl groups is 1. The number of carbonyl (C=O) groups excluding carboxylic acids is 2. The fourth-order valence-corrected chi connectivity index (χ4v) is 2.37. The number of nitrogens with one attached hydrogen (secondary N) is 2. The first-order chi connectivity index (χ1) is 9.99. The molecule has 0 aliphatic heterocycles. The maximum atomic E-state index is 11.8. The topological polar surface area (TPSA) is 100 Å². The van der Waals surface area contributed by atoms with Crippen LogP contribution < -0.4 is 15.7 Å². The van der Waals surface area contributed by atoms with Gasteiger partial charge in [-0.3, -0.25) is 29.8 Å². The number of aromatic nitrogens is 1. The Hall–Kier alpha value is -2.61. The van der Waals surface area contributed by atoms with Crippen LogP contribution in [0, 0.1) is 6.92 Å². The molecule has 0 bridgehead atoms. The van der Waals surface area contributed by atoms with Gasteiger partial charge in [-0.05, 0) is 19.1 Å². The minimum Gasteiger partial charge on any atom is -0.507 e. The average molecular weight is 307 g/mol. The minimum atomic E-state index is -0.643. The normalized spacial score (nSPS) is 10.1. The molecule has 110 valence electrons. The number of hydrazine groups is 1. The largest absolute Gasteiger partial charge is 0.507 e. The molecule has 0 saturated carbocycles. The van der Waals surface area contributed by atoms with Crippen molar-refractivity contribution in [3.8, 4) is 5.75 Å². The van der Waals surface area contributed by atoms with Gasteiger partial charge in [-0.1, -0.05) is 23.5 Å². The highest BCUT2D eigenvalue weighted by Gasteiger charge is 2.12. The molecule has 1 aromatic carbocycles. The van der Waals surface area contributed by atoms with Crippen molar-refractivity contribution in [1.82, 2.24) is 15.4 Å². The molecule has 0 aliphatic rings. The molecule has 2 rings (SSSR count). The highest BCUT2D eigenvalue weighted by Crippen LogP contribution is 2.14. The SMILES string of the molecule is Cc1csc(=O)n1CC(=O)NNC(=O)c1ccccc1O. The van der Waals surface area contributed by atoms with Crippen molar-refractivity contribution in [3.05, 3.63) is 50.6 Å².